The predicted molar refractivity (Wildman–Crippen MR) is 126 cm³/mol. The highest BCUT2D eigenvalue weighted by Gasteiger charge is 2.35. The van der Waals surface area contributed by atoms with Gasteiger partial charge in [-0.2, -0.15) is 13.2 Å². The highest BCUT2D eigenvalue weighted by atomic mass is 19.4. The number of benzene rings is 2. The van der Waals surface area contributed by atoms with E-state index >= 15 is 0 Å². The Bertz CT molecular complexity index is 1330. The first kappa shape index (κ1) is 26.1. The predicted octanol–water partition coefficient (Wildman–Crippen LogP) is 7.08. The summed E-state index contributed by atoms with van der Waals surface area (Å²) < 4.78 is 61.9. The van der Waals surface area contributed by atoms with Gasteiger partial charge in [-0.3, -0.25) is 0 Å². The van der Waals surface area contributed by atoms with Crippen LogP contribution in [0.1, 0.15) is 19.4 Å². The van der Waals surface area contributed by atoms with Gasteiger partial charge in [-0.1, -0.05) is 13.2 Å². The molecule has 0 bridgehead atoms. The van der Waals surface area contributed by atoms with Crippen molar-refractivity contribution in [3.8, 4) is 34.1 Å². The Morgan fingerprint density at radius 1 is 0.833 bits per heavy atom. The van der Waals surface area contributed by atoms with Crippen molar-refractivity contribution in [1.29, 1.82) is 0 Å². The van der Waals surface area contributed by atoms with E-state index in [9.17, 15) is 22.8 Å². The van der Waals surface area contributed by atoms with Crippen molar-refractivity contribution in [2.45, 2.75) is 20.0 Å². The zero-order valence-corrected chi connectivity index (χ0v) is 19.3. The Hall–Kier alpha value is -4.53. The van der Waals surface area contributed by atoms with Crippen molar-refractivity contribution in [3.63, 3.8) is 0 Å². The summed E-state index contributed by atoms with van der Waals surface area (Å²) in [5.41, 5.74) is -0.336. The number of alkyl halides is 3. The summed E-state index contributed by atoms with van der Waals surface area (Å²) in [5, 5.41) is 0. The molecule has 0 aliphatic heterocycles. The lowest BCUT2D eigenvalue weighted by Crippen LogP contribution is -2.11. The molecular weight excluding hydrogens is 477 g/mol. The number of rotatable bonds is 8. The van der Waals surface area contributed by atoms with Crippen LogP contribution in [0.15, 0.2) is 95.8 Å². The molecule has 0 fully saturated rings. The Morgan fingerprint density at radius 3 is 2.06 bits per heavy atom. The molecule has 0 radical (unpaired) electrons. The quantitative estimate of drug-likeness (QED) is 0.143. The van der Waals surface area contributed by atoms with Gasteiger partial charge in [-0.05, 0) is 68.4 Å². The molecule has 186 valence electrons. The number of furan rings is 1. The Balaban J connectivity index is 1.78. The number of halogens is 3. The fraction of sp³-hybridized carbons (Fsp3) is 0.111. The summed E-state index contributed by atoms with van der Waals surface area (Å²) >= 11 is 0. The topological polar surface area (TPSA) is 75.0 Å². The molecule has 2 aromatic carbocycles. The second-order valence-electron chi connectivity index (χ2n) is 7.64. The van der Waals surface area contributed by atoms with Crippen LogP contribution in [0.4, 0.5) is 13.2 Å². The number of ether oxygens (including phenoxy) is 3. The van der Waals surface area contributed by atoms with Crippen LogP contribution in [-0.4, -0.2) is 11.9 Å². The standard InChI is InChI=1S/C27H21F3O6/c1-16(2)25(31)34-14-13-33-19-7-5-18(6-8-19)23-11-12-24(36-23)21-10-9-20(35-26(32)17(3)4)15-22(21)27(28,29)30/h5-15H,1,3H2,2,4H3/b14-13-. The lowest BCUT2D eigenvalue weighted by molar-refractivity contribution is -0.138. The maximum absolute atomic E-state index is 13.7. The van der Waals surface area contributed by atoms with Gasteiger partial charge in [0.1, 0.15) is 35.5 Å². The van der Waals surface area contributed by atoms with E-state index in [4.69, 9.17) is 18.6 Å². The average molecular weight is 498 g/mol. The molecule has 0 saturated heterocycles. The van der Waals surface area contributed by atoms with E-state index in [-0.39, 0.29) is 28.2 Å². The smallest absolute Gasteiger partial charge is 0.417 e. The van der Waals surface area contributed by atoms with Crippen molar-refractivity contribution < 1.29 is 41.4 Å². The second-order valence-corrected chi connectivity index (χ2v) is 7.64. The van der Waals surface area contributed by atoms with Crippen LogP contribution < -0.4 is 9.47 Å². The molecule has 1 heterocycles. The SMILES string of the molecule is C=C(C)C(=O)O/C=C\Oc1ccc(-c2ccc(-c3ccc(OC(=O)C(=C)C)cc3C(F)(F)F)o2)cc1. The molecule has 0 N–H and O–H groups in total. The van der Waals surface area contributed by atoms with E-state index in [1.165, 1.54) is 44.4 Å². The van der Waals surface area contributed by atoms with E-state index in [0.29, 0.717) is 17.1 Å². The average Bonchev–Trinajstić information content (AvgIpc) is 3.31. The number of esters is 2. The van der Waals surface area contributed by atoms with E-state index < -0.39 is 23.7 Å². The number of hydrogen-bond donors (Lipinski definition) is 0. The highest BCUT2D eigenvalue weighted by Crippen LogP contribution is 2.40. The van der Waals surface area contributed by atoms with E-state index in [2.05, 4.69) is 13.2 Å². The molecule has 0 aliphatic carbocycles. The van der Waals surface area contributed by atoms with Gasteiger partial charge in [0.25, 0.3) is 0 Å². The molecule has 3 aromatic rings. The second kappa shape index (κ2) is 10.8. The third kappa shape index (κ3) is 6.53. The normalized spacial score (nSPS) is 11.2. The molecule has 0 saturated carbocycles. The van der Waals surface area contributed by atoms with E-state index in [1.54, 1.807) is 24.3 Å². The summed E-state index contributed by atoms with van der Waals surface area (Å²) in [6.45, 7) is 9.77. The summed E-state index contributed by atoms with van der Waals surface area (Å²) in [4.78, 5) is 23.0. The van der Waals surface area contributed by atoms with Crippen LogP contribution in [0.25, 0.3) is 22.6 Å². The lowest BCUT2D eigenvalue weighted by atomic mass is 10.0. The van der Waals surface area contributed by atoms with Crippen molar-refractivity contribution in [1.82, 2.24) is 0 Å². The molecular formula is C27H21F3O6. The molecule has 1 aromatic heterocycles. The van der Waals surface area contributed by atoms with Gasteiger partial charge in [-0.25, -0.2) is 9.59 Å². The molecule has 9 heteroatoms. The van der Waals surface area contributed by atoms with Crippen molar-refractivity contribution in [2.75, 3.05) is 0 Å². The highest BCUT2D eigenvalue weighted by molar-refractivity contribution is 5.89. The molecule has 0 unspecified atom stereocenters. The Morgan fingerprint density at radius 2 is 1.44 bits per heavy atom. The lowest BCUT2D eigenvalue weighted by Gasteiger charge is -2.13. The molecule has 0 amide bonds. The minimum absolute atomic E-state index is 0.0160. The first-order valence-corrected chi connectivity index (χ1v) is 10.4. The zero-order chi connectivity index (χ0) is 26.5. The fourth-order valence-electron chi connectivity index (χ4n) is 2.86. The Labute approximate surface area is 204 Å². The van der Waals surface area contributed by atoms with Gasteiger partial charge < -0.3 is 18.6 Å². The van der Waals surface area contributed by atoms with Crippen LogP contribution in [0, 0.1) is 0 Å². The van der Waals surface area contributed by atoms with E-state index in [1.807, 2.05) is 0 Å². The van der Waals surface area contributed by atoms with Gasteiger partial charge in [0, 0.05) is 22.3 Å². The largest absolute Gasteiger partial charge is 0.462 e. The van der Waals surface area contributed by atoms with Gasteiger partial charge in [0.15, 0.2) is 0 Å². The fourth-order valence-corrected chi connectivity index (χ4v) is 2.86. The summed E-state index contributed by atoms with van der Waals surface area (Å²) in [7, 11) is 0. The van der Waals surface area contributed by atoms with Gasteiger partial charge >= 0.3 is 18.1 Å². The zero-order valence-electron chi connectivity index (χ0n) is 19.3. The summed E-state index contributed by atoms with van der Waals surface area (Å²) in [6, 6.07) is 12.6. The van der Waals surface area contributed by atoms with Crippen molar-refractivity contribution in [3.05, 3.63) is 97.0 Å². The van der Waals surface area contributed by atoms with E-state index in [0.717, 1.165) is 12.3 Å². The van der Waals surface area contributed by atoms with Crippen LogP contribution in [0.5, 0.6) is 11.5 Å². The molecule has 0 aliphatic rings. The summed E-state index contributed by atoms with van der Waals surface area (Å²) in [6.07, 6.45) is -2.47. The monoisotopic (exact) mass is 498 g/mol. The third-order valence-electron chi connectivity index (χ3n) is 4.65. The third-order valence-corrected chi connectivity index (χ3v) is 4.65. The molecule has 0 spiro atoms. The van der Waals surface area contributed by atoms with Crippen LogP contribution >= 0.6 is 0 Å². The molecule has 6 nitrogen and oxygen atoms in total. The molecule has 3 rings (SSSR count). The van der Waals surface area contributed by atoms with Crippen molar-refractivity contribution in [2.24, 2.45) is 0 Å². The van der Waals surface area contributed by atoms with Gasteiger partial charge in [-0.15, -0.1) is 0 Å². The Kier molecular flexibility index (Phi) is 7.83. The number of carbonyl (C=O) groups excluding carboxylic acids is 2. The molecule has 36 heavy (non-hydrogen) atoms. The maximum atomic E-state index is 13.7. The first-order valence-electron chi connectivity index (χ1n) is 10.4. The minimum atomic E-state index is -4.72. The van der Waals surface area contributed by atoms with Gasteiger partial charge in [0.2, 0.25) is 0 Å². The van der Waals surface area contributed by atoms with Crippen LogP contribution in [0.2, 0.25) is 0 Å². The number of hydrogen-bond acceptors (Lipinski definition) is 6. The summed E-state index contributed by atoms with van der Waals surface area (Å²) in [5.74, 6) is -0.939. The van der Waals surface area contributed by atoms with Crippen LogP contribution in [-0.2, 0) is 20.5 Å². The minimum Gasteiger partial charge on any atom is -0.462 e. The number of carbonyl (C=O) groups is 2. The van der Waals surface area contributed by atoms with Crippen LogP contribution in [0.3, 0.4) is 0 Å². The van der Waals surface area contributed by atoms with Gasteiger partial charge in [0.05, 0.1) is 5.56 Å². The van der Waals surface area contributed by atoms with Crippen molar-refractivity contribution >= 4 is 11.9 Å². The maximum Gasteiger partial charge on any atom is 0.417 e. The first-order chi connectivity index (χ1) is 17.0. The molecule has 0 atom stereocenters.